The molecule has 0 aliphatic heterocycles. The van der Waals surface area contributed by atoms with Crippen LogP contribution in [0.2, 0.25) is 0 Å². The topological polar surface area (TPSA) is 0 Å². The first kappa shape index (κ1) is 42.5. The van der Waals surface area contributed by atoms with Gasteiger partial charge in [-0.3, -0.25) is 0 Å². The maximum Gasteiger partial charge on any atom is -0.0105 e. The summed E-state index contributed by atoms with van der Waals surface area (Å²) in [5.74, 6) is 0. The van der Waals surface area contributed by atoms with E-state index in [2.05, 4.69) is 125 Å². The van der Waals surface area contributed by atoms with Crippen molar-refractivity contribution in [3.63, 3.8) is 0 Å². The van der Waals surface area contributed by atoms with Crippen LogP contribution in [0.5, 0.6) is 0 Å². The van der Waals surface area contributed by atoms with Crippen molar-refractivity contribution in [2.45, 2.75) is 111 Å². The van der Waals surface area contributed by atoms with Crippen LogP contribution in [0.1, 0.15) is 105 Å². The molecule has 6 aromatic carbocycles. The van der Waals surface area contributed by atoms with E-state index in [1.807, 2.05) is 83.1 Å². The Kier molecular flexibility index (Phi) is 23.9. The van der Waals surface area contributed by atoms with Crippen LogP contribution in [0.15, 0.2) is 97.1 Å². The number of benzene rings is 6. The van der Waals surface area contributed by atoms with E-state index in [4.69, 9.17) is 0 Å². The first-order chi connectivity index (χ1) is 21.5. The summed E-state index contributed by atoms with van der Waals surface area (Å²) in [5.41, 5.74) is 5.27. The van der Waals surface area contributed by atoms with E-state index in [-0.39, 0.29) is 0 Å². The molecule has 0 aliphatic carbocycles. The van der Waals surface area contributed by atoms with Gasteiger partial charge in [-0.25, -0.2) is 0 Å². The Bertz CT molecular complexity index is 1460. The van der Waals surface area contributed by atoms with Crippen LogP contribution in [-0.4, -0.2) is 0 Å². The first-order valence-corrected chi connectivity index (χ1v) is 17.3. The molecule has 0 bridgehead atoms. The SMILES string of the molecule is CC.CC.CC.CC.CC.CC.Cc1ccc2c(ccc3cc(C)ccc32)c1.Cc1ccc2cc3cc(C)ccc3cc2c1. The number of hydrogen-bond acceptors (Lipinski definition) is 0. The first-order valence-electron chi connectivity index (χ1n) is 17.3. The zero-order valence-electron chi connectivity index (χ0n) is 31.2. The van der Waals surface area contributed by atoms with Gasteiger partial charge in [0.05, 0.1) is 0 Å². The van der Waals surface area contributed by atoms with Gasteiger partial charge < -0.3 is 0 Å². The molecule has 0 N–H and O–H groups in total. The Hall–Kier alpha value is -3.64. The van der Waals surface area contributed by atoms with Gasteiger partial charge in [0.25, 0.3) is 0 Å². The molecule has 44 heavy (non-hydrogen) atoms. The molecule has 0 fully saturated rings. The largest absolute Gasteiger partial charge is 0.0683 e. The molecule has 0 unspecified atom stereocenters. The van der Waals surface area contributed by atoms with Crippen LogP contribution in [0.3, 0.4) is 0 Å². The van der Waals surface area contributed by atoms with Gasteiger partial charge in [0.2, 0.25) is 0 Å². The highest BCUT2D eigenvalue weighted by molar-refractivity contribution is 6.07. The third-order valence-corrected chi connectivity index (χ3v) is 6.25. The van der Waals surface area contributed by atoms with Crippen LogP contribution >= 0.6 is 0 Å². The Morgan fingerprint density at radius 2 is 0.455 bits per heavy atom. The van der Waals surface area contributed by atoms with Crippen LogP contribution in [0.4, 0.5) is 0 Å². The van der Waals surface area contributed by atoms with E-state index in [1.54, 1.807) is 0 Å². The maximum atomic E-state index is 2.27. The molecule has 6 aromatic rings. The standard InChI is InChI=1S/2C16H14.6C2H6/c1-11-3-7-15-13(9-11)5-6-14-10-12(2)4-8-16(14)15;1-11-3-5-13-10-16-8-12(2)4-6-14(16)9-15(13)7-11;6*1-2/h2*3-10H,1-2H3;6*1-2H3. The quantitative estimate of drug-likeness (QED) is 0.122. The summed E-state index contributed by atoms with van der Waals surface area (Å²) < 4.78 is 0. The molecule has 0 heteroatoms. The van der Waals surface area contributed by atoms with Gasteiger partial charge >= 0.3 is 0 Å². The molecule has 240 valence electrons. The van der Waals surface area contributed by atoms with Crippen LogP contribution < -0.4 is 0 Å². The molecule has 0 saturated heterocycles. The van der Waals surface area contributed by atoms with Crippen LogP contribution in [-0.2, 0) is 0 Å². The third-order valence-electron chi connectivity index (χ3n) is 6.25. The van der Waals surface area contributed by atoms with Gasteiger partial charge in [-0.1, -0.05) is 190 Å². The van der Waals surface area contributed by atoms with Crippen molar-refractivity contribution >= 4 is 43.1 Å². The minimum Gasteiger partial charge on any atom is -0.0683 e. The number of aryl methyl sites for hydroxylation is 4. The lowest BCUT2D eigenvalue weighted by atomic mass is 9.99. The summed E-state index contributed by atoms with van der Waals surface area (Å²) in [6.07, 6.45) is 0. The second kappa shape index (κ2) is 24.8. The van der Waals surface area contributed by atoms with Crippen molar-refractivity contribution in [1.29, 1.82) is 0 Å². The highest BCUT2D eigenvalue weighted by Crippen LogP contribution is 2.27. The second-order valence-corrected chi connectivity index (χ2v) is 9.07. The normalized spacial score (nSPS) is 8.91. The minimum absolute atomic E-state index is 1.32. The summed E-state index contributed by atoms with van der Waals surface area (Å²) in [6.45, 7) is 32.6. The molecular formula is C44H64. The zero-order valence-corrected chi connectivity index (χ0v) is 31.2. The average Bonchev–Trinajstić information content (AvgIpc) is 3.09. The van der Waals surface area contributed by atoms with E-state index in [9.17, 15) is 0 Å². The third kappa shape index (κ3) is 12.5. The fourth-order valence-corrected chi connectivity index (χ4v) is 4.55. The minimum atomic E-state index is 1.32. The predicted octanol–water partition coefficient (Wildman–Crippen LogP) is 15.4. The molecule has 6 rings (SSSR count). The van der Waals surface area contributed by atoms with Crippen molar-refractivity contribution in [1.82, 2.24) is 0 Å². The molecule has 0 atom stereocenters. The van der Waals surface area contributed by atoms with Gasteiger partial charge in [-0.2, -0.15) is 0 Å². The lowest BCUT2D eigenvalue weighted by Crippen LogP contribution is -1.80. The molecule has 0 aromatic heterocycles. The molecule has 0 amide bonds. The summed E-state index contributed by atoms with van der Waals surface area (Å²) in [6, 6.07) is 35.5. The van der Waals surface area contributed by atoms with Crippen molar-refractivity contribution in [3.05, 3.63) is 119 Å². The van der Waals surface area contributed by atoms with Crippen LogP contribution in [0, 0.1) is 27.7 Å². The van der Waals surface area contributed by atoms with Gasteiger partial charge in [-0.15, -0.1) is 0 Å². The van der Waals surface area contributed by atoms with E-state index >= 15 is 0 Å². The van der Waals surface area contributed by atoms with Crippen molar-refractivity contribution in [3.8, 4) is 0 Å². The fraction of sp³-hybridized carbons (Fsp3) is 0.364. The Balaban J connectivity index is 0. The molecular weight excluding hydrogens is 528 g/mol. The maximum absolute atomic E-state index is 2.27. The van der Waals surface area contributed by atoms with Gasteiger partial charge in [0.1, 0.15) is 0 Å². The molecule has 0 spiro atoms. The molecule has 0 nitrogen and oxygen atoms in total. The Morgan fingerprint density at radius 3 is 0.750 bits per heavy atom. The average molecular weight is 593 g/mol. The summed E-state index contributed by atoms with van der Waals surface area (Å²) in [4.78, 5) is 0. The van der Waals surface area contributed by atoms with E-state index in [1.165, 1.54) is 65.3 Å². The van der Waals surface area contributed by atoms with Crippen molar-refractivity contribution in [2.24, 2.45) is 0 Å². The molecule has 0 aliphatic rings. The van der Waals surface area contributed by atoms with Crippen LogP contribution in [0.25, 0.3) is 43.1 Å². The zero-order chi connectivity index (χ0) is 34.2. The predicted molar refractivity (Wildman–Crippen MR) is 210 cm³/mol. The van der Waals surface area contributed by atoms with E-state index in [0.29, 0.717) is 0 Å². The Morgan fingerprint density at radius 1 is 0.227 bits per heavy atom. The van der Waals surface area contributed by atoms with Gasteiger partial charge in [0.15, 0.2) is 0 Å². The monoisotopic (exact) mass is 593 g/mol. The van der Waals surface area contributed by atoms with Gasteiger partial charge in [0, 0.05) is 0 Å². The second-order valence-electron chi connectivity index (χ2n) is 9.07. The van der Waals surface area contributed by atoms with E-state index in [0.717, 1.165) is 0 Å². The smallest absolute Gasteiger partial charge is 0.0105 e. The molecule has 0 heterocycles. The molecule has 0 saturated carbocycles. The summed E-state index contributed by atoms with van der Waals surface area (Å²) in [5, 5.41) is 10.7. The highest BCUT2D eigenvalue weighted by Gasteiger charge is 2.01. The summed E-state index contributed by atoms with van der Waals surface area (Å²) in [7, 11) is 0. The molecule has 0 radical (unpaired) electrons. The highest BCUT2D eigenvalue weighted by atomic mass is 14.1. The Labute approximate surface area is 272 Å². The van der Waals surface area contributed by atoms with E-state index < -0.39 is 0 Å². The van der Waals surface area contributed by atoms with Gasteiger partial charge in [-0.05, 0) is 82.9 Å². The number of hydrogen-bond donors (Lipinski definition) is 0. The fourth-order valence-electron chi connectivity index (χ4n) is 4.55. The lowest BCUT2D eigenvalue weighted by Gasteiger charge is -2.05. The summed E-state index contributed by atoms with van der Waals surface area (Å²) >= 11 is 0. The number of fused-ring (bicyclic) bond motifs is 5. The van der Waals surface area contributed by atoms with Crippen molar-refractivity contribution < 1.29 is 0 Å². The lowest BCUT2D eigenvalue weighted by molar-refractivity contribution is 1.50. The van der Waals surface area contributed by atoms with Crippen molar-refractivity contribution in [2.75, 3.05) is 0 Å². The number of rotatable bonds is 0.